The summed E-state index contributed by atoms with van der Waals surface area (Å²) in [6.45, 7) is 2.77. The highest BCUT2D eigenvalue weighted by Gasteiger charge is 2.24. The van der Waals surface area contributed by atoms with E-state index in [1.165, 1.54) is 21.6 Å². The van der Waals surface area contributed by atoms with Crippen molar-refractivity contribution in [3.05, 3.63) is 77.9 Å². The average molecular weight is 421 g/mol. The van der Waals surface area contributed by atoms with E-state index in [0.717, 1.165) is 42.3 Å². The number of hydrogen-bond acceptors (Lipinski definition) is 4. The van der Waals surface area contributed by atoms with Crippen molar-refractivity contribution in [3.8, 4) is 28.4 Å². The highest BCUT2D eigenvalue weighted by atomic mass is 16.5. The molecule has 0 amide bonds. The maximum absolute atomic E-state index is 10.5. The van der Waals surface area contributed by atoms with Gasteiger partial charge in [0, 0.05) is 12.0 Å². The minimum Gasteiger partial charge on any atom is -0.493 e. The lowest BCUT2D eigenvalue weighted by molar-refractivity contribution is -0.918. The Kier molecular flexibility index (Phi) is 6.75. The maximum Gasteiger partial charge on any atom is 0.161 e. The van der Waals surface area contributed by atoms with E-state index in [9.17, 15) is 5.11 Å². The standard InChI is InChI=1S/C26H29NO4/c1-29-25-14-21-12-13-27(16-22(21)15-26(25)30-2)17-23(28)18-31-24-10-8-20(9-11-24)19-6-4-3-5-7-19/h3-11,14-15,23,28H,12-13,16-18H2,1-2H3/p+1/t23-/m0/s1. The summed E-state index contributed by atoms with van der Waals surface area (Å²) in [5.41, 5.74) is 4.88. The van der Waals surface area contributed by atoms with E-state index in [1.807, 2.05) is 42.5 Å². The smallest absolute Gasteiger partial charge is 0.161 e. The van der Waals surface area contributed by atoms with E-state index >= 15 is 0 Å². The summed E-state index contributed by atoms with van der Waals surface area (Å²) < 4.78 is 16.7. The summed E-state index contributed by atoms with van der Waals surface area (Å²) in [6, 6.07) is 22.4. The molecule has 0 aromatic heterocycles. The summed E-state index contributed by atoms with van der Waals surface area (Å²) in [4.78, 5) is 1.34. The van der Waals surface area contributed by atoms with Crippen LogP contribution in [0.1, 0.15) is 11.1 Å². The third kappa shape index (κ3) is 5.19. The zero-order chi connectivity index (χ0) is 21.6. The van der Waals surface area contributed by atoms with E-state index < -0.39 is 6.10 Å². The fourth-order valence-electron chi connectivity index (χ4n) is 4.16. The molecular weight excluding hydrogens is 390 g/mol. The fourth-order valence-corrected chi connectivity index (χ4v) is 4.16. The van der Waals surface area contributed by atoms with Crippen LogP contribution in [0.2, 0.25) is 0 Å². The number of fused-ring (bicyclic) bond motifs is 1. The van der Waals surface area contributed by atoms with Crippen LogP contribution in [0, 0.1) is 0 Å². The van der Waals surface area contributed by atoms with Gasteiger partial charge in [0.05, 0.1) is 20.8 Å². The zero-order valence-corrected chi connectivity index (χ0v) is 18.1. The van der Waals surface area contributed by atoms with Crippen molar-refractivity contribution in [3.63, 3.8) is 0 Å². The van der Waals surface area contributed by atoms with Gasteiger partial charge in [0.1, 0.15) is 31.5 Å². The molecule has 2 N–H and O–H groups in total. The van der Waals surface area contributed by atoms with Crippen LogP contribution in [0.25, 0.3) is 11.1 Å². The number of nitrogens with one attached hydrogen (secondary N) is 1. The van der Waals surface area contributed by atoms with Crippen molar-refractivity contribution in [2.45, 2.75) is 19.1 Å². The highest BCUT2D eigenvalue weighted by molar-refractivity contribution is 5.63. The minimum atomic E-state index is -0.523. The molecule has 3 aromatic rings. The lowest BCUT2D eigenvalue weighted by Gasteiger charge is -2.28. The van der Waals surface area contributed by atoms with Gasteiger partial charge in [-0.1, -0.05) is 42.5 Å². The molecule has 0 radical (unpaired) electrons. The van der Waals surface area contributed by atoms with Crippen molar-refractivity contribution in [2.75, 3.05) is 33.9 Å². The molecule has 31 heavy (non-hydrogen) atoms. The number of quaternary nitrogens is 1. The van der Waals surface area contributed by atoms with Gasteiger partial charge in [-0.2, -0.15) is 0 Å². The van der Waals surface area contributed by atoms with E-state index in [1.54, 1.807) is 14.2 Å². The van der Waals surface area contributed by atoms with E-state index in [4.69, 9.17) is 14.2 Å². The fraction of sp³-hybridized carbons (Fsp3) is 0.308. The van der Waals surface area contributed by atoms with E-state index in [2.05, 4.69) is 24.3 Å². The van der Waals surface area contributed by atoms with Crippen molar-refractivity contribution >= 4 is 0 Å². The largest absolute Gasteiger partial charge is 0.493 e. The summed E-state index contributed by atoms with van der Waals surface area (Å²) in [7, 11) is 3.32. The molecule has 3 aromatic carbocycles. The van der Waals surface area contributed by atoms with Crippen LogP contribution < -0.4 is 19.1 Å². The number of methoxy groups -OCH3 is 2. The minimum absolute atomic E-state index is 0.285. The molecule has 5 heteroatoms. The Balaban J connectivity index is 1.30. The Morgan fingerprint density at radius 2 is 1.52 bits per heavy atom. The van der Waals surface area contributed by atoms with Crippen LogP contribution in [-0.2, 0) is 13.0 Å². The monoisotopic (exact) mass is 420 g/mol. The van der Waals surface area contributed by atoms with Crippen molar-refractivity contribution in [1.29, 1.82) is 0 Å². The van der Waals surface area contributed by atoms with Crippen LogP contribution >= 0.6 is 0 Å². The first-order valence-electron chi connectivity index (χ1n) is 10.7. The summed E-state index contributed by atoms with van der Waals surface area (Å²) in [5.74, 6) is 2.30. The molecule has 0 spiro atoms. The third-order valence-electron chi connectivity index (χ3n) is 5.82. The summed E-state index contributed by atoms with van der Waals surface area (Å²) in [6.07, 6.45) is 0.435. The highest BCUT2D eigenvalue weighted by Crippen LogP contribution is 2.31. The number of aliphatic hydroxyl groups excluding tert-OH is 1. The SMILES string of the molecule is COc1cc2c(cc1OC)C[NH+](C[C@H](O)COc1ccc(-c3ccccc3)cc1)CC2. The first kappa shape index (κ1) is 21.2. The Hall–Kier alpha value is -3.02. The predicted octanol–water partition coefficient (Wildman–Crippen LogP) is 2.75. The topological polar surface area (TPSA) is 52.4 Å². The Morgan fingerprint density at radius 1 is 0.871 bits per heavy atom. The Morgan fingerprint density at radius 3 is 2.19 bits per heavy atom. The molecule has 1 heterocycles. The first-order chi connectivity index (χ1) is 15.2. The molecule has 0 saturated carbocycles. The van der Waals surface area contributed by atoms with Gasteiger partial charge >= 0.3 is 0 Å². The van der Waals surface area contributed by atoms with Gasteiger partial charge in [-0.15, -0.1) is 0 Å². The van der Waals surface area contributed by atoms with Gasteiger partial charge in [0.15, 0.2) is 11.5 Å². The second-order valence-corrected chi connectivity index (χ2v) is 7.96. The van der Waals surface area contributed by atoms with Crippen molar-refractivity contribution in [2.24, 2.45) is 0 Å². The molecule has 1 aliphatic rings. The number of aliphatic hydroxyl groups is 1. The van der Waals surface area contributed by atoms with Crippen LogP contribution in [0.3, 0.4) is 0 Å². The summed E-state index contributed by atoms with van der Waals surface area (Å²) >= 11 is 0. The van der Waals surface area contributed by atoms with Gasteiger partial charge < -0.3 is 24.2 Å². The van der Waals surface area contributed by atoms with Crippen molar-refractivity contribution in [1.82, 2.24) is 0 Å². The van der Waals surface area contributed by atoms with Gasteiger partial charge in [-0.3, -0.25) is 0 Å². The second-order valence-electron chi connectivity index (χ2n) is 7.96. The zero-order valence-electron chi connectivity index (χ0n) is 18.1. The van der Waals surface area contributed by atoms with E-state index in [0.29, 0.717) is 6.54 Å². The average Bonchev–Trinajstić information content (AvgIpc) is 2.82. The molecule has 1 unspecified atom stereocenters. The van der Waals surface area contributed by atoms with Gasteiger partial charge in [0.25, 0.3) is 0 Å². The van der Waals surface area contributed by atoms with Gasteiger partial charge in [-0.05, 0) is 41.0 Å². The quantitative estimate of drug-likeness (QED) is 0.589. The molecule has 0 fully saturated rings. The van der Waals surface area contributed by atoms with E-state index in [-0.39, 0.29) is 6.61 Å². The molecule has 2 atom stereocenters. The van der Waals surface area contributed by atoms with Crippen LogP contribution in [0.4, 0.5) is 0 Å². The molecule has 0 saturated heterocycles. The molecular formula is C26H30NO4+. The predicted molar refractivity (Wildman–Crippen MR) is 121 cm³/mol. The lowest BCUT2D eigenvalue weighted by atomic mass is 9.98. The molecule has 4 rings (SSSR count). The van der Waals surface area contributed by atoms with Crippen LogP contribution in [-0.4, -0.2) is 45.1 Å². The second kappa shape index (κ2) is 9.86. The summed E-state index contributed by atoms with van der Waals surface area (Å²) in [5, 5.41) is 10.5. The first-order valence-corrected chi connectivity index (χ1v) is 10.7. The normalized spacial score (nSPS) is 16.3. The van der Waals surface area contributed by atoms with Gasteiger partial charge in [-0.25, -0.2) is 0 Å². The third-order valence-corrected chi connectivity index (χ3v) is 5.82. The van der Waals surface area contributed by atoms with Crippen LogP contribution in [0.15, 0.2) is 66.7 Å². The Bertz CT molecular complexity index is 988. The Labute approximate surface area is 183 Å². The van der Waals surface area contributed by atoms with Crippen LogP contribution in [0.5, 0.6) is 17.2 Å². The number of hydrogen-bond donors (Lipinski definition) is 2. The molecule has 162 valence electrons. The molecule has 0 aliphatic carbocycles. The number of rotatable bonds is 8. The van der Waals surface area contributed by atoms with Crippen molar-refractivity contribution < 1.29 is 24.2 Å². The maximum atomic E-state index is 10.5. The molecule has 1 aliphatic heterocycles. The number of benzene rings is 3. The molecule has 0 bridgehead atoms. The number of ether oxygens (including phenoxy) is 3. The lowest BCUT2D eigenvalue weighted by Crippen LogP contribution is -3.13. The van der Waals surface area contributed by atoms with Gasteiger partial charge in [0.2, 0.25) is 0 Å². The molecule has 5 nitrogen and oxygen atoms in total.